The van der Waals surface area contributed by atoms with E-state index >= 15 is 0 Å². The second-order valence-corrected chi connectivity index (χ2v) is 6.63. The number of hydrogen-bond donors (Lipinski definition) is 0. The quantitative estimate of drug-likeness (QED) is 0.790. The van der Waals surface area contributed by atoms with Gasteiger partial charge in [-0.2, -0.15) is 0 Å². The van der Waals surface area contributed by atoms with Gasteiger partial charge in [-0.3, -0.25) is 0 Å². The van der Waals surface area contributed by atoms with Gasteiger partial charge < -0.3 is 9.64 Å². The Kier molecular flexibility index (Phi) is 3.15. The molecule has 0 N–H and O–H groups in total. The molecule has 2 aliphatic rings. The van der Waals surface area contributed by atoms with Crippen LogP contribution in [0.25, 0.3) is 0 Å². The summed E-state index contributed by atoms with van der Waals surface area (Å²) in [4.78, 5) is 22.9. The molecular weight excluding hydrogens is 254 g/mol. The standard InChI is InChI=1S/C15H21N3O2/c1-15(2,3)20-14(19)18-7-6-12-11(9-18)8-16-13(17-12)10-4-5-10/h8,10H,4-7,9H2,1-3H3. The predicted octanol–water partition coefficient (Wildman–Crippen LogP) is 2.65. The molecule has 0 spiro atoms. The Labute approximate surface area is 119 Å². The van der Waals surface area contributed by atoms with Crippen molar-refractivity contribution in [3.8, 4) is 0 Å². The van der Waals surface area contributed by atoms with Gasteiger partial charge in [0.1, 0.15) is 11.4 Å². The van der Waals surface area contributed by atoms with Crippen LogP contribution in [0.2, 0.25) is 0 Å². The molecule has 5 heteroatoms. The highest BCUT2D eigenvalue weighted by Gasteiger charge is 2.30. The van der Waals surface area contributed by atoms with Crippen LogP contribution < -0.4 is 0 Å². The number of aromatic nitrogens is 2. The van der Waals surface area contributed by atoms with Crippen molar-refractivity contribution >= 4 is 6.09 Å². The predicted molar refractivity (Wildman–Crippen MR) is 74.4 cm³/mol. The van der Waals surface area contributed by atoms with Gasteiger partial charge in [-0.05, 0) is 33.6 Å². The Morgan fingerprint density at radius 2 is 2.15 bits per heavy atom. The van der Waals surface area contributed by atoms with E-state index in [4.69, 9.17) is 4.74 Å². The van der Waals surface area contributed by atoms with Crippen molar-refractivity contribution in [1.29, 1.82) is 0 Å². The molecule has 0 bridgehead atoms. The lowest BCUT2D eigenvalue weighted by Crippen LogP contribution is -2.40. The van der Waals surface area contributed by atoms with E-state index in [2.05, 4.69) is 9.97 Å². The van der Waals surface area contributed by atoms with Gasteiger partial charge in [0.25, 0.3) is 0 Å². The molecule has 2 heterocycles. The van der Waals surface area contributed by atoms with Gasteiger partial charge in [-0.15, -0.1) is 0 Å². The minimum Gasteiger partial charge on any atom is -0.444 e. The zero-order valence-electron chi connectivity index (χ0n) is 12.3. The molecule has 1 saturated carbocycles. The van der Waals surface area contributed by atoms with Crippen LogP contribution in [0.15, 0.2) is 6.20 Å². The van der Waals surface area contributed by atoms with Gasteiger partial charge in [-0.25, -0.2) is 14.8 Å². The molecule has 3 rings (SSSR count). The Morgan fingerprint density at radius 1 is 1.40 bits per heavy atom. The molecule has 1 amide bonds. The van der Waals surface area contributed by atoms with E-state index in [0.717, 1.165) is 23.5 Å². The molecule has 0 aromatic carbocycles. The number of nitrogens with zero attached hydrogens (tertiary/aromatic N) is 3. The number of hydrogen-bond acceptors (Lipinski definition) is 4. The number of rotatable bonds is 1. The second-order valence-electron chi connectivity index (χ2n) is 6.63. The summed E-state index contributed by atoms with van der Waals surface area (Å²) < 4.78 is 5.41. The lowest BCUT2D eigenvalue weighted by molar-refractivity contribution is 0.0222. The van der Waals surface area contributed by atoms with E-state index in [9.17, 15) is 4.79 Å². The van der Waals surface area contributed by atoms with Crippen molar-refractivity contribution in [2.75, 3.05) is 6.54 Å². The van der Waals surface area contributed by atoms with Gasteiger partial charge in [0.15, 0.2) is 0 Å². The molecule has 20 heavy (non-hydrogen) atoms. The van der Waals surface area contributed by atoms with Gasteiger partial charge in [0.05, 0.1) is 12.2 Å². The van der Waals surface area contributed by atoms with Crippen LogP contribution >= 0.6 is 0 Å². The number of carbonyl (C=O) groups is 1. The zero-order valence-corrected chi connectivity index (χ0v) is 12.3. The van der Waals surface area contributed by atoms with Crippen molar-refractivity contribution in [2.24, 2.45) is 0 Å². The fourth-order valence-electron chi connectivity index (χ4n) is 2.35. The van der Waals surface area contributed by atoms with E-state index in [0.29, 0.717) is 19.0 Å². The molecule has 0 unspecified atom stereocenters. The van der Waals surface area contributed by atoms with Crippen LogP contribution in [0.4, 0.5) is 4.79 Å². The summed E-state index contributed by atoms with van der Waals surface area (Å²) in [6, 6.07) is 0. The van der Waals surface area contributed by atoms with Crippen LogP contribution in [-0.2, 0) is 17.7 Å². The molecule has 1 aliphatic carbocycles. The highest BCUT2D eigenvalue weighted by Crippen LogP contribution is 2.38. The molecule has 108 valence electrons. The Morgan fingerprint density at radius 3 is 2.80 bits per heavy atom. The van der Waals surface area contributed by atoms with Crippen LogP contribution in [0.3, 0.4) is 0 Å². The maximum atomic E-state index is 12.1. The van der Waals surface area contributed by atoms with Crippen molar-refractivity contribution in [3.63, 3.8) is 0 Å². The Hall–Kier alpha value is -1.65. The fourth-order valence-corrected chi connectivity index (χ4v) is 2.35. The zero-order chi connectivity index (χ0) is 14.3. The van der Waals surface area contributed by atoms with Gasteiger partial charge in [0, 0.05) is 30.6 Å². The van der Waals surface area contributed by atoms with Crippen LogP contribution in [0.5, 0.6) is 0 Å². The molecule has 1 aromatic rings. The molecule has 0 saturated heterocycles. The van der Waals surface area contributed by atoms with Gasteiger partial charge in [-0.1, -0.05) is 0 Å². The number of amides is 1. The van der Waals surface area contributed by atoms with E-state index < -0.39 is 5.60 Å². The topological polar surface area (TPSA) is 55.3 Å². The molecule has 0 atom stereocenters. The third-order valence-corrected chi connectivity index (χ3v) is 3.55. The number of carbonyl (C=O) groups excluding carboxylic acids is 1. The summed E-state index contributed by atoms with van der Waals surface area (Å²) in [7, 11) is 0. The third kappa shape index (κ3) is 2.92. The van der Waals surface area contributed by atoms with Gasteiger partial charge >= 0.3 is 6.09 Å². The fraction of sp³-hybridized carbons (Fsp3) is 0.667. The van der Waals surface area contributed by atoms with Crippen molar-refractivity contribution in [1.82, 2.24) is 14.9 Å². The SMILES string of the molecule is CC(C)(C)OC(=O)N1CCc2nc(C3CC3)ncc2C1. The first-order chi connectivity index (χ1) is 9.42. The molecule has 1 aliphatic heterocycles. The van der Waals surface area contributed by atoms with Crippen LogP contribution in [0.1, 0.15) is 56.6 Å². The minimum atomic E-state index is -0.455. The summed E-state index contributed by atoms with van der Waals surface area (Å²) in [5.74, 6) is 1.55. The highest BCUT2D eigenvalue weighted by molar-refractivity contribution is 5.68. The molecule has 1 aromatic heterocycles. The molecule has 5 nitrogen and oxygen atoms in total. The number of fused-ring (bicyclic) bond motifs is 1. The smallest absolute Gasteiger partial charge is 0.410 e. The van der Waals surface area contributed by atoms with Crippen LogP contribution in [-0.4, -0.2) is 33.1 Å². The molecule has 0 radical (unpaired) electrons. The summed E-state index contributed by atoms with van der Waals surface area (Å²) >= 11 is 0. The monoisotopic (exact) mass is 275 g/mol. The minimum absolute atomic E-state index is 0.255. The summed E-state index contributed by atoms with van der Waals surface area (Å²) in [6.45, 7) is 6.87. The maximum absolute atomic E-state index is 12.1. The summed E-state index contributed by atoms with van der Waals surface area (Å²) in [6.07, 6.45) is 4.84. The average molecular weight is 275 g/mol. The van der Waals surface area contributed by atoms with Crippen molar-refractivity contribution < 1.29 is 9.53 Å². The summed E-state index contributed by atoms with van der Waals surface area (Å²) in [5.41, 5.74) is 1.69. The first-order valence-electron chi connectivity index (χ1n) is 7.25. The van der Waals surface area contributed by atoms with Crippen LogP contribution in [0, 0.1) is 0 Å². The second kappa shape index (κ2) is 4.72. The van der Waals surface area contributed by atoms with E-state index in [1.807, 2.05) is 27.0 Å². The Balaban J connectivity index is 1.70. The lowest BCUT2D eigenvalue weighted by Gasteiger charge is -2.30. The average Bonchev–Trinajstić information content (AvgIpc) is 3.19. The summed E-state index contributed by atoms with van der Waals surface area (Å²) in [5, 5.41) is 0. The molecule has 1 fully saturated rings. The first kappa shape index (κ1) is 13.3. The van der Waals surface area contributed by atoms with Crippen molar-refractivity contribution in [2.45, 2.75) is 58.1 Å². The third-order valence-electron chi connectivity index (χ3n) is 3.55. The lowest BCUT2D eigenvalue weighted by atomic mass is 10.1. The van der Waals surface area contributed by atoms with Gasteiger partial charge in [0.2, 0.25) is 0 Å². The molecular formula is C15H21N3O2. The maximum Gasteiger partial charge on any atom is 0.410 e. The van der Waals surface area contributed by atoms with E-state index in [1.54, 1.807) is 4.90 Å². The normalized spacial score (nSPS) is 18.6. The first-order valence-corrected chi connectivity index (χ1v) is 7.25. The highest BCUT2D eigenvalue weighted by atomic mass is 16.6. The van der Waals surface area contributed by atoms with E-state index in [-0.39, 0.29) is 6.09 Å². The van der Waals surface area contributed by atoms with E-state index in [1.165, 1.54) is 12.8 Å². The Bertz CT molecular complexity index is 532. The van der Waals surface area contributed by atoms with Crippen molar-refractivity contribution in [3.05, 3.63) is 23.3 Å². The number of ether oxygens (including phenoxy) is 1. The largest absolute Gasteiger partial charge is 0.444 e.